The first-order chi connectivity index (χ1) is 11.1. The predicted molar refractivity (Wildman–Crippen MR) is 91.4 cm³/mol. The third kappa shape index (κ3) is 3.58. The number of carbonyl (C=O) groups excluding carboxylic acids is 1. The summed E-state index contributed by atoms with van der Waals surface area (Å²) in [5, 5.41) is 15.2. The molecule has 4 heteroatoms. The van der Waals surface area contributed by atoms with Gasteiger partial charge < -0.3 is 15.7 Å². The molecule has 3 N–H and O–H groups in total. The summed E-state index contributed by atoms with van der Waals surface area (Å²) in [6.07, 6.45) is 8.12. The number of rotatable bonds is 4. The number of hydrogen-bond acceptors (Lipinski definition) is 2. The molecule has 1 aromatic rings. The molecule has 1 unspecified atom stereocenters. The van der Waals surface area contributed by atoms with Gasteiger partial charge in [0.2, 0.25) is 0 Å². The summed E-state index contributed by atoms with van der Waals surface area (Å²) in [5.74, 6) is 0.169. The molecule has 1 aromatic carbocycles. The van der Waals surface area contributed by atoms with Gasteiger partial charge in [-0.1, -0.05) is 43.3 Å². The maximum Gasteiger partial charge on any atom is 0.315 e. The van der Waals surface area contributed by atoms with Crippen LogP contribution in [0.4, 0.5) is 4.79 Å². The Balaban J connectivity index is 1.56. The van der Waals surface area contributed by atoms with E-state index in [2.05, 4.69) is 41.8 Å². The monoisotopic (exact) mass is 314 g/mol. The average Bonchev–Trinajstić information content (AvgIpc) is 3.01. The third-order valence-electron chi connectivity index (χ3n) is 5.20. The normalized spacial score (nSPS) is 29.1. The zero-order valence-corrected chi connectivity index (χ0v) is 13.7. The second-order valence-electron chi connectivity index (χ2n) is 7.07. The van der Waals surface area contributed by atoms with Crippen molar-refractivity contribution in [2.75, 3.05) is 13.2 Å². The molecule has 3 atom stereocenters. The average molecular weight is 314 g/mol. The molecule has 2 aliphatic carbocycles. The van der Waals surface area contributed by atoms with Crippen LogP contribution in [0.3, 0.4) is 0 Å². The molecule has 0 saturated heterocycles. The lowest BCUT2D eigenvalue weighted by Gasteiger charge is -2.36. The number of aryl methyl sites for hydroxylation is 1. The highest BCUT2D eigenvalue weighted by Crippen LogP contribution is 2.36. The van der Waals surface area contributed by atoms with E-state index in [9.17, 15) is 4.79 Å². The van der Waals surface area contributed by atoms with Crippen molar-refractivity contribution >= 4 is 6.03 Å². The van der Waals surface area contributed by atoms with Crippen molar-refractivity contribution in [2.24, 2.45) is 5.92 Å². The fourth-order valence-electron chi connectivity index (χ4n) is 3.83. The molecule has 2 aliphatic rings. The summed E-state index contributed by atoms with van der Waals surface area (Å²) in [4.78, 5) is 12.2. The van der Waals surface area contributed by atoms with E-state index in [1.54, 1.807) is 0 Å². The molecule has 0 fully saturated rings. The van der Waals surface area contributed by atoms with Gasteiger partial charge in [-0.25, -0.2) is 4.79 Å². The Hall–Kier alpha value is -1.81. The summed E-state index contributed by atoms with van der Waals surface area (Å²) in [7, 11) is 0. The van der Waals surface area contributed by atoms with E-state index in [0.29, 0.717) is 6.54 Å². The van der Waals surface area contributed by atoms with Crippen LogP contribution in [-0.2, 0) is 11.8 Å². The van der Waals surface area contributed by atoms with Crippen molar-refractivity contribution < 1.29 is 9.90 Å². The highest BCUT2D eigenvalue weighted by atomic mass is 16.3. The van der Waals surface area contributed by atoms with Crippen LogP contribution in [-0.4, -0.2) is 30.3 Å². The molecule has 0 bridgehead atoms. The minimum absolute atomic E-state index is 0.00529. The topological polar surface area (TPSA) is 61.4 Å². The van der Waals surface area contributed by atoms with E-state index in [1.807, 2.05) is 12.2 Å². The Labute approximate surface area is 138 Å². The summed E-state index contributed by atoms with van der Waals surface area (Å²) < 4.78 is 0. The van der Waals surface area contributed by atoms with Crippen LogP contribution in [0.2, 0.25) is 0 Å². The Morgan fingerprint density at radius 3 is 2.96 bits per heavy atom. The van der Waals surface area contributed by atoms with E-state index in [0.717, 1.165) is 19.3 Å². The maximum atomic E-state index is 12.2. The first kappa shape index (κ1) is 16.1. The Morgan fingerprint density at radius 2 is 2.17 bits per heavy atom. The van der Waals surface area contributed by atoms with Crippen LogP contribution < -0.4 is 10.6 Å². The van der Waals surface area contributed by atoms with Crippen LogP contribution in [0.25, 0.3) is 0 Å². The molecule has 0 heterocycles. The number of aliphatic hydroxyl groups excluding tert-OH is 1. The lowest BCUT2D eigenvalue weighted by atomic mass is 9.71. The third-order valence-corrected chi connectivity index (χ3v) is 5.20. The van der Waals surface area contributed by atoms with Crippen molar-refractivity contribution in [2.45, 2.75) is 44.1 Å². The molecule has 0 radical (unpaired) electrons. The summed E-state index contributed by atoms with van der Waals surface area (Å²) in [6.45, 7) is 3.03. The molecule has 124 valence electrons. The zero-order chi connectivity index (χ0) is 16.3. The van der Waals surface area contributed by atoms with E-state index >= 15 is 0 Å². The van der Waals surface area contributed by atoms with Crippen molar-refractivity contribution in [3.63, 3.8) is 0 Å². The summed E-state index contributed by atoms with van der Waals surface area (Å²) >= 11 is 0. The second-order valence-corrected chi connectivity index (χ2v) is 7.07. The number of carbonyl (C=O) groups is 1. The van der Waals surface area contributed by atoms with E-state index in [1.165, 1.54) is 17.5 Å². The Morgan fingerprint density at radius 1 is 1.35 bits per heavy atom. The zero-order valence-electron chi connectivity index (χ0n) is 13.7. The van der Waals surface area contributed by atoms with Gasteiger partial charge in [-0.05, 0) is 36.8 Å². The van der Waals surface area contributed by atoms with Gasteiger partial charge in [0.15, 0.2) is 0 Å². The number of nitrogens with one attached hydrogen (secondary N) is 2. The maximum absolute atomic E-state index is 12.2. The quantitative estimate of drug-likeness (QED) is 0.748. The number of hydrogen-bond donors (Lipinski definition) is 3. The molecular weight excluding hydrogens is 288 g/mol. The smallest absolute Gasteiger partial charge is 0.315 e. The van der Waals surface area contributed by atoms with Crippen molar-refractivity contribution in [3.05, 3.63) is 47.5 Å². The van der Waals surface area contributed by atoms with Crippen LogP contribution >= 0.6 is 0 Å². The minimum Gasteiger partial charge on any atom is -0.396 e. The van der Waals surface area contributed by atoms with Gasteiger partial charge >= 0.3 is 6.03 Å². The number of aliphatic hydroxyl groups is 1. The number of fused-ring (bicyclic) bond motifs is 1. The first-order valence-corrected chi connectivity index (χ1v) is 8.53. The minimum atomic E-state index is -0.123. The molecule has 3 rings (SSSR count). The SMILES string of the molecule is CC1(CNC(=O)N[C@@H]2C=C[C@H](CO)C2)CCCc2ccccc21. The molecule has 23 heavy (non-hydrogen) atoms. The lowest BCUT2D eigenvalue weighted by molar-refractivity contribution is 0.228. The van der Waals surface area contributed by atoms with E-state index in [4.69, 9.17) is 5.11 Å². The Bertz CT molecular complexity index is 599. The molecule has 0 aromatic heterocycles. The summed E-state index contributed by atoms with van der Waals surface area (Å²) in [5.41, 5.74) is 2.78. The predicted octanol–water partition coefficient (Wildman–Crippen LogP) is 2.52. The first-order valence-electron chi connectivity index (χ1n) is 8.53. The molecular formula is C19H26N2O2. The largest absolute Gasteiger partial charge is 0.396 e. The van der Waals surface area contributed by atoms with Crippen LogP contribution in [0.1, 0.15) is 37.3 Å². The van der Waals surface area contributed by atoms with Gasteiger partial charge in [-0.15, -0.1) is 0 Å². The number of urea groups is 1. The van der Waals surface area contributed by atoms with Gasteiger partial charge in [-0.3, -0.25) is 0 Å². The fourth-order valence-corrected chi connectivity index (χ4v) is 3.83. The van der Waals surface area contributed by atoms with Crippen LogP contribution in [0.15, 0.2) is 36.4 Å². The number of amides is 2. The van der Waals surface area contributed by atoms with Crippen molar-refractivity contribution in [1.29, 1.82) is 0 Å². The van der Waals surface area contributed by atoms with Crippen LogP contribution in [0.5, 0.6) is 0 Å². The highest BCUT2D eigenvalue weighted by molar-refractivity contribution is 5.74. The standard InChI is InChI=1S/C19H26N2O2/c1-19(10-4-6-15-5-2-3-7-17(15)19)13-20-18(23)21-16-9-8-14(11-16)12-22/h2-3,5,7-9,14,16,22H,4,6,10-13H2,1H3,(H2,20,21,23)/t14-,16+,19?/m0/s1. The van der Waals surface area contributed by atoms with Crippen molar-refractivity contribution in [1.82, 2.24) is 10.6 Å². The highest BCUT2D eigenvalue weighted by Gasteiger charge is 2.32. The van der Waals surface area contributed by atoms with Crippen LogP contribution in [0, 0.1) is 5.92 Å². The lowest BCUT2D eigenvalue weighted by Crippen LogP contribution is -2.47. The van der Waals surface area contributed by atoms with Gasteiger partial charge in [-0.2, -0.15) is 0 Å². The van der Waals surface area contributed by atoms with Gasteiger partial charge in [0.1, 0.15) is 0 Å². The van der Waals surface area contributed by atoms with E-state index in [-0.39, 0.29) is 30.0 Å². The molecule has 0 aliphatic heterocycles. The van der Waals surface area contributed by atoms with Gasteiger partial charge in [0, 0.05) is 30.5 Å². The number of benzene rings is 1. The van der Waals surface area contributed by atoms with Crippen molar-refractivity contribution in [3.8, 4) is 0 Å². The molecule has 2 amide bonds. The summed E-state index contributed by atoms with van der Waals surface area (Å²) in [6, 6.07) is 8.47. The van der Waals surface area contributed by atoms with Gasteiger partial charge in [0.05, 0.1) is 0 Å². The molecule has 0 saturated carbocycles. The molecule has 4 nitrogen and oxygen atoms in total. The Kier molecular flexibility index (Phi) is 4.71. The fraction of sp³-hybridized carbons (Fsp3) is 0.526. The molecule has 0 spiro atoms. The second kappa shape index (κ2) is 6.75. The van der Waals surface area contributed by atoms with E-state index < -0.39 is 0 Å². The van der Waals surface area contributed by atoms with Gasteiger partial charge in [0.25, 0.3) is 0 Å².